The van der Waals surface area contributed by atoms with Crippen molar-refractivity contribution in [3.05, 3.63) is 48.3 Å². The van der Waals surface area contributed by atoms with Crippen LogP contribution in [0.15, 0.2) is 42.5 Å². The lowest BCUT2D eigenvalue weighted by Crippen LogP contribution is -2.27. The Labute approximate surface area is 123 Å². The average Bonchev–Trinajstić information content (AvgIpc) is 2.99. The van der Waals surface area contributed by atoms with Gasteiger partial charge in [-0.2, -0.15) is 9.61 Å². The van der Waals surface area contributed by atoms with Crippen LogP contribution >= 0.6 is 0 Å². The van der Waals surface area contributed by atoms with Crippen molar-refractivity contribution in [3.8, 4) is 11.3 Å². The summed E-state index contributed by atoms with van der Waals surface area (Å²) in [6.07, 6.45) is 2.19. The molecule has 0 bridgehead atoms. The third-order valence-electron chi connectivity index (χ3n) is 4.06. The molecule has 0 atom stereocenters. The van der Waals surface area contributed by atoms with Crippen LogP contribution in [0.2, 0.25) is 0 Å². The first-order valence-electron chi connectivity index (χ1n) is 7.40. The molecule has 0 aliphatic carbocycles. The Morgan fingerprint density at radius 1 is 0.952 bits per heavy atom. The average molecular weight is 279 g/mol. The van der Waals surface area contributed by atoms with Gasteiger partial charge in [0.2, 0.25) is 0 Å². The summed E-state index contributed by atoms with van der Waals surface area (Å²) in [6, 6.07) is 14.2. The highest BCUT2D eigenvalue weighted by atomic mass is 15.4. The lowest BCUT2D eigenvalue weighted by molar-refractivity contribution is 0.439. The highest BCUT2D eigenvalue weighted by Gasteiger charge is 2.21. The molecular formula is C16H17N5. The first-order valence-corrected chi connectivity index (χ1v) is 7.40. The smallest absolute Gasteiger partial charge is 0.177 e. The van der Waals surface area contributed by atoms with Crippen LogP contribution in [-0.2, 0) is 0 Å². The van der Waals surface area contributed by atoms with Gasteiger partial charge in [0.25, 0.3) is 0 Å². The van der Waals surface area contributed by atoms with Gasteiger partial charge in [0.15, 0.2) is 11.5 Å². The van der Waals surface area contributed by atoms with Gasteiger partial charge in [-0.3, -0.25) is 0 Å². The normalized spacial score (nSPS) is 16.4. The highest BCUT2D eigenvalue weighted by molar-refractivity contribution is 5.59. The third kappa shape index (κ3) is 2.29. The van der Waals surface area contributed by atoms with Crippen LogP contribution in [0, 0.1) is 0 Å². The van der Waals surface area contributed by atoms with Gasteiger partial charge in [-0.1, -0.05) is 30.3 Å². The monoisotopic (exact) mass is 279 g/mol. The van der Waals surface area contributed by atoms with Gasteiger partial charge in [0.05, 0.1) is 5.69 Å². The molecule has 1 aromatic carbocycles. The summed E-state index contributed by atoms with van der Waals surface area (Å²) in [5.41, 5.74) is 2.89. The van der Waals surface area contributed by atoms with Gasteiger partial charge in [-0.25, -0.2) is 0 Å². The van der Waals surface area contributed by atoms with Crippen molar-refractivity contribution in [2.45, 2.75) is 18.8 Å². The molecule has 4 rings (SSSR count). The van der Waals surface area contributed by atoms with Gasteiger partial charge in [0.1, 0.15) is 0 Å². The van der Waals surface area contributed by atoms with Crippen molar-refractivity contribution in [2.75, 3.05) is 13.1 Å². The van der Waals surface area contributed by atoms with Crippen LogP contribution in [0.3, 0.4) is 0 Å². The molecule has 21 heavy (non-hydrogen) atoms. The van der Waals surface area contributed by atoms with Gasteiger partial charge < -0.3 is 5.32 Å². The van der Waals surface area contributed by atoms with E-state index in [1.54, 1.807) is 0 Å². The molecule has 3 heterocycles. The zero-order valence-electron chi connectivity index (χ0n) is 11.7. The minimum atomic E-state index is 0.444. The molecule has 1 saturated heterocycles. The number of aromatic nitrogens is 4. The number of nitrogens with one attached hydrogen (secondary N) is 1. The number of hydrogen-bond donors (Lipinski definition) is 1. The number of piperidine rings is 1. The summed E-state index contributed by atoms with van der Waals surface area (Å²) in [6.45, 7) is 2.08. The fraction of sp³-hybridized carbons (Fsp3) is 0.312. The predicted octanol–water partition coefficient (Wildman–Crippen LogP) is 2.26. The Morgan fingerprint density at radius 3 is 2.57 bits per heavy atom. The molecule has 1 N–H and O–H groups in total. The molecule has 5 nitrogen and oxygen atoms in total. The fourth-order valence-electron chi connectivity index (χ4n) is 2.90. The molecule has 0 radical (unpaired) electrons. The summed E-state index contributed by atoms with van der Waals surface area (Å²) in [5.74, 6) is 1.43. The number of benzene rings is 1. The van der Waals surface area contributed by atoms with E-state index < -0.39 is 0 Å². The molecule has 2 aromatic heterocycles. The lowest BCUT2D eigenvalue weighted by Gasteiger charge is -2.20. The fourth-order valence-corrected chi connectivity index (χ4v) is 2.90. The van der Waals surface area contributed by atoms with Gasteiger partial charge in [-0.05, 0) is 38.1 Å². The van der Waals surface area contributed by atoms with E-state index in [9.17, 15) is 0 Å². The summed E-state index contributed by atoms with van der Waals surface area (Å²) >= 11 is 0. The number of hydrogen-bond acceptors (Lipinski definition) is 4. The molecule has 5 heteroatoms. The molecule has 3 aromatic rings. The number of rotatable bonds is 2. The van der Waals surface area contributed by atoms with E-state index in [2.05, 4.69) is 27.6 Å². The molecule has 1 aliphatic heterocycles. The molecule has 106 valence electrons. The first-order chi connectivity index (χ1) is 10.4. The van der Waals surface area contributed by atoms with Gasteiger partial charge in [0, 0.05) is 11.5 Å². The summed E-state index contributed by atoms with van der Waals surface area (Å²) in [5, 5.41) is 16.8. The van der Waals surface area contributed by atoms with E-state index in [-0.39, 0.29) is 0 Å². The molecule has 1 fully saturated rings. The van der Waals surface area contributed by atoms with Gasteiger partial charge in [-0.15, -0.1) is 10.2 Å². The van der Waals surface area contributed by atoms with Crippen LogP contribution in [0.5, 0.6) is 0 Å². The maximum absolute atomic E-state index is 4.75. The summed E-state index contributed by atoms with van der Waals surface area (Å²) in [7, 11) is 0. The van der Waals surface area contributed by atoms with Crippen molar-refractivity contribution in [1.82, 2.24) is 25.1 Å². The molecule has 0 saturated carbocycles. The zero-order valence-corrected chi connectivity index (χ0v) is 11.7. The van der Waals surface area contributed by atoms with E-state index in [1.165, 1.54) is 0 Å². The van der Waals surface area contributed by atoms with Crippen LogP contribution < -0.4 is 5.32 Å². The van der Waals surface area contributed by atoms with E-state index in [0.29, 0.717) is 5.92 Å². The second-order valence-corrected chi connectivity index (χ2v) is 5.44. The Bertz CT molecular complexity index is 744. The van der Waals surface area contributed by atoms with Crippen molar-refractivity contribution in [2.24, 2.45) is 0 Å². The lowest BCUT2D eigenvalue weighted by atomic mass is 9.97. The van der Waals surface area contributed by atoms with E-state index in [1.807, 2.05) is 34.8 Å². The van der Waals surface area contributed by atoms with Crippen LogP contribution in [0.4, 0.5) is 0 Å². The zero-order chi connectivity index (χ0) is 14.1. The van der Waals surface area contributed by atoms with Crippen molar-refractivity contribution in [3.63, 3.8) is 0 Å². The molecule has 0 unspecified atom stereocenters. The molecule has 0 amide bonds. The van der Waals surface area contributed by atoms with E-state index in [0.717, 1.165) is 48.7 Å². The maximum Gasteiger partial charge on any atom is 0.177 e. The van der Waals surface area contributed by atoms with Crippen LogP contribution in [-0.4, -0.2) is 32.9 Å². The van der Waals surface area contributed by atoms with Crippen LogP contribution in [0.25, 0.3) is 16.9 Å². The van der Waals surface area contributed by atoms with Crippen molar-refractivity contribution in [1.29, 1.82) is 0 Å². The first kappa shape index (κ1) is 12.5. The van der Waals surface area contributed by atoms with E-state index in [4.69, 9.17) is 5.10 Å². The molecule has 0 spiro atoms. The third-order valence-corrected chi connectivity index (χ3v) is 4.06. The maximum atomic E-state index is 4.75. The van der Waals surface area contributed by atoms with Crippen molar-refractivity contribution < 1.29 is 0 Å². The summed E-state index contributed by atoms with van der Waals surface area (Å²) < 4.78 is 1.92. The summed E-state index contributed by atoms with van der Waals surface area (Å²) in [4.78, 5) is 0. The predicted molar refractivity (Wildman–Crippen MR) is 81.1 cm³/mol. The SMILES string of the molecule is c1ccc(-c2ccc3nnc(C4CCNCC4)n3n2)cc1. The van der Waals surface area contributed by atoms with Crippen molar-refractivity contribution >= 4 is 5.65 Å². The quantitative estimate of drug-likeness (QED) is 0.782. The largest absolute Gasteiger partial charge is 0.317 e. The number of nitrogens with zero attached hydrogens (tertiary/aromatic N) is 4. The van der Waals surface area contributed by atoms with E-state index >= 15 is 0 Å². The topological polar surface area (TPSA) is 55.1 Å². The van der Waals surface area contributed by atoms with Crippen LogP contribution in [0.1, 0.15) is 24.6 Å². The standard InChI is InChI=1S/C16H17N5/c1-2-4-12(5-3-1)14-6-7-15-18-19-16(21(15)20-14)13-8-10-17-11-9-13/h1-7,13,17H,8-11H2. The number of fused-ring (bicyclic) bond motifs is 1. The molecule has 1 aliphatic rings. The minimum Gasteiger partial charge on any atom is -0.317 e. The molecular weight excluding hydrogens is 262 g/mol. The Balaban J connectivity index is 1.79. The second kappa shape index (κ2) is 5.26. The Hall–Kier alpha value is -2.27. The second-order valence-electron chi connectivity index (χ2n) is 5.44. The van der Waals surface area contributed by atoms with Gasteiger partial charge >= 0.3 is 0 Å². The highest BCUT2D eigenvalue weighted by Crippen LogP contribution is 2.24. The minimum absolute atomic E-state index is 0.444. The Kier molecular flexibility index (Phi) is 3.12. The Morgan fingerprint density at radius 2 is 1.76 bits per heavy atom.